The molecule has 4 nitrogen and oxygen atoms in total. The molecular weight excluding hydrogens is 272 g/mol. The van der Waals surface area contributed by atoms with Gasteiger partial charge >= 0.3 is 11.9 Å². The molecule has 1 aromatic rings. The van der Waals surface area contributed by atoms with E-state index in [-0.39, 0.29) is 13.2 Å². The Morgan fingerprint density at radius 1 is 0.944 bits per heavy atom. The van der Waals surface area contributed by atoms with Gasteiger partial charge in [-0.1, -0.05) is 6.07 Å². The Morgan fingerprint density at radius 2 is 1.39 bits per heavy atom. The fourth-order valence-corrected chi connectivity index (χ4v) is 1.40. The number of carbonyl (C=O) groups excluding carboxylic acids is 2. The molecule has 0 saturated carbocycles. The van der Waals surface area contributed by atoms with E-state index in [9.17, 15) is 9.59 Å². The van der Waals surface area contributed by atoms with Gasteiger partial charge in [0.05, 0.1) is 11.1 Å². The van der Waals surface area contributed by atoms with Crippen LogP contribution in [0.2, 0.25) is 0 Å². The van der Waals surface area contributed by atoms with Crippen molar-refractivity contribution in [3.8, 4) is 0 Å². The number of benzene rings is 1. The molecule has 0 aliphatic heterocycles. The van der Waals surface area contributed by atoms with Gasteiger partial charge in [0, 0.05) is 11.5 Å². The van der Waals surface area contributed by atoms with Crippen LogP contribution in [-0.2, 0) is 9.47 Å². The van der Waals surface area contributed by atoms with E-state index in [0.29, 0.717) is 22.6 Å². The average molecular weight is 286 g/mol. The van der Waals surface area contributed by atoms with Gasteiger partial charge in [-0.2, -0.15) is 25.3 Å². The smallest absolute Gasteiger partial charge is 0.338 e. The van der Waals surface area contributed by atoms with Crippen molar-refractivity contribution in [2.24, 2.45) is 0 Å². The molecule has 0 saturated heterocycles. The van der Waals surface area contributed by atoms with Gasteiger partial charge in [-0.05, 0) is 18.2 Å². The van der Waals surface area contributed by atoms with Crippen molar-refractivity contribution in [1.82, 2.24) is 0 Å². The molecule has 1 aromatic carbocycles. The van der Waals surface area contributed by atoms with Gasteiger partial charge < -0.3 is 9.47 Å². The number of thiol groups is 2. The summed E-state index contributed by atoms with van der Waals surface area (Å²) in [6, 6.07) is 6.21. The van der Waals surface area contributed by atoms with Gasteiger partial charge in [0.2, 0.25) is 0 Å². The number of rotatable bonds is 6. The van der Waals surface area contributed by atoms with E-state index in [4.69, 9.17) is 9.47 Å². The average Bonchev–Trinajstić information content (AvgIpc) is 2.42. The van der Waals surface area contributed by atoms with Crippen LogP contribution in [0.3, 0.4) is 0 Å². The molecule has 0 aliphatic rings. The zero-order valence-corrected chi connectivity index (χ0v) is 11.5. The fraction of sp³-hybridized carbons (Fsp3) is 0.333. The summed E-state index contributed by atoms with van der Waals surface area (Å²) in [6.07, 6.45) is 0. The van der Waals surface area contributed by atoms with Crippen LogP contribution in [0.25, 0.3) is 0 Å². The SMILES string of the molecule is O=C(OCCS)c1cccc(C(=O)OCCS)c1. The summed E-state index contributed by atoms with van der Waals surface area (Å²) in [5.74, 6) is -0.0500. The molecule has 0 radical (unpaired) electrons. The lowest BCUT2D eigenvalue weighted by molar-refractivity contribution is 0.0529. The highest BCUT2D eigenvalue weighted by atomic mass is 32.1. The van der Waals surface area contributed by atoms with E-state index in [0.717, 1.165) is 0 Å². The third-order valence-electron chi connectivity index (χ3n) is 1.98. The maximum atomic E-state index is 11.6. The van der Waals surface area contributed by atoms with E-state index >= 15 is 0 Å². The van der Waals surface area contributed by atoms with Crippen molar-refractivity contribution >= 4 is 37.2 Å². The van der Waals surface area contributed by atoms with Crippen molar-refractivity contribution < 1.29 is 19.1 Å². The Hall–Kier alpha value is -1.14. The van der Waals surface area contributed by atoms with E-state index in [1.165, 1.54) is 6.07 Å². The predicted octanol–water partition coefficient (Wildman–Crippen LogP) is 1.86. The summed E-state index contributed by atoms with van der Waals surface area (Å²) < 4.78 is 9.83. The summed E-state index contributed by atoms with van der Waals surface area (Å²) >= 11 is 7.88. The number of hydrogen-bond donors (Lipinski definition) is 2. The molecule has 0 fully saturated rings. The first-order valence-electron chi connectivity index (χ1n) is 5.35. The highest BCUT2D eigenvalue weighted by molar-refractivity contribution is 7.80. The molecule has 0 spiro atoms. The molecule has 6 heteroatoms. The lowest BCUT2D eigenvalue weighted by Crippen LogP contribution is -2.11. The van der Waals surface area contributed by atoms with Gasteiger partial charge in [0.1, 0.15) is 13.2 Å². The van der Waals surface area contributed by atoms with E-state index in [1.54, 1.807) is 18.2 Å². The second-order valence-electron chi connectivity index (χ2n) is 3.30. The summed E-state index contributed by atoms with van der Waals surface area (Å²) in [7, 11) is 0. The predicted molar refractivity (Wildman–Crippen MR) is 74.7 cm³/mol. The van der Waals surface area contributed by atoms with Gasteiger partial charge in [-0.25, -0.2) is 9.59 Å². The van der Waals surface area contributed by atoms with Crippen LogP contribution in [0.1, 0.15) is 20.7 Å². The lowest BCUT2D eigenvalue weighted by atomic mass is 10.1. The molecule has 0 amide bonds. The molecule has 0 bridgehead atoms. The lowest BCUT2D eigenvalue weighted by Gasteiger charge is -2.05. The zero-order valence-electron chi connectivity index (χ0n) is 9.67. The second-order valence-corrected chi connectivity index (χ2v) is 4.19. The molecular formula is C12H14O4S2. The Morgan fingerprint density at radius 3 is 1.78 bits per heavy atom. The minimum atomic E-state index is -0.479. The first-order valence-corrected chi connectivity index (χ1v) is 6.61. The second kappa shape index (κ2) is 8.05. The Bertz CT molecular complexity index is 385. The van der Waals surface area contributed by atoms with E-state index < -0.39 is 11.9 Å². The van der Waals surface area contributed by atoms with Crippen LogP contribution in [0.5, 0.6) is 0 Å². The van der Waals surface area contributed by atoms with E-state index in [2.05, 4.69) is 25.3 Å². The van der Waals surface area contributed by atoms with Crippen LogP contribution >= 0.6 is 25.3 Å². The van der Waals surface area contributed by atoms with Crippen molar-refractivity contribution in [1.29, 1.82) is 0 Å². The van der Waals surface area contributed by atoms with Crippen LogP contribution in [-0.4, -0.2) is 36.7 Å². The molecule has 0 N–H and O–H groups in total. The summed E-state index contributed by atoms with van der Waals surface area (Å²) in [4.78, 5) is 23.1. The van der Waals surface area contributed by atoms with Crippen LogP contribution in [0, 0.1) is 0 Å². The molecule has 1 rings (SSSR count). The number of carbonyl (C=O) groups is 2. The van der Waals surface area contributed by atoms with Gasteiger partial charge in [0.15, 0.2) is 0 Å². The fourth-order valence-electron chi connectivity index (χ4n) is 1.22. The minimum absolute atomic E-state index is 0.232. The molecule has 0 unspecified atom stereocenters. The Kier molecular flexibility index (Phi) is 6.67. The first kappa shape index (κ1) is 14.9. The molecule has 0 aliphatic carbocycles. The number of esters is 2. The zero-order chi connectivity index (χ0) is 13.4. The third-order valence-corrected chi connectivity index (χ3v) is 2.35. The van der Waals surface area contributed by atoms with Crippen LogP contribution in [0.15, 0.2) is 24.3 Å². The minimum Gasteiger partial charge on any atom is -0.461 e. The monoisotopic (exact) mass is 286 g/mol. The molecule has 0 heterocycles. The van der Waals surface area contributed by atoms with Gasteiger partial charge in [0.25, 0.3) is 0 Å². The van der Waals surface area contributed by atoms with Crippen molar-refractivity contribution in [2.75, 3.05) is 24.7 Å². The van der Waals surface area contributed by atoms with E-state index in [1.807, 2.05) is 0 Å². The summed E-state index contributed by atoms with van der Waals surface area (Å²) in [6.45, 7) is 0.465. The topological polar surface area (TPSA) is 52.6 Å². The molecule has 18 heavy (non-hydrogen) atoms. The Balaban J connectivity index is 2.72. The highest BCUT2D eigenvalue weighted by Crippen LogP contribution is 2.08. The number of hydrogen-bond acceptors (Lipinski definition) is 6. The van der Waals surface area contributed by atoms with Crippen LogP contribution in [0.4, 0.5) is 0 Å². The van der Waals surface area contributed by atoms with Gasteiger partial charge in [-0.15, -0.1) is 0 Å². The first-order chi connectivity index (χ1) is 8.69. The summed E-state index contributed by atoms with van der Waals surface area (Å²) in [5, 5.41) is 0. The highest BCUT2D eigenvalue weighted by Gasteiger charge is 2.11. The standard InChI is InChI=1S/C12H14O4S2/c13-11(15-4-6-17)9-2-1-3-10(8-9)12(14)16-5-7-18/h1-3,8,17-18H,4-7H2. The molecule has 98 valence electrons. The van der Waals surface area contributed by atoms with Crippen molar-refractivity contribution in [2.45, 2.75) is 0 Å². The quantitative estimate of drug-likeness (QED) is 0.619. The van der Waals surface area contributed by atoms with Crippen molar-refractivity contribution in [3.05, 3.63) is 35.4 Å². The molecule has 0 atom stereocenters. The van der Waals surface area contributed by atoms with Crippen molar-refractivity contribution in [3.63, 3.8) is 0 Å². The summed E-state index contributed by atoms with van der Waals surface area (Å²) in [5.41, 5.74) is 0.634. The van der Waals surface area contributed by atoms with Crippen LogP contribution < -0.4 is 0 Å². The number of ether oxygens (including phenoxy) is 2. The Labute approximate surface area is 116 Å². The largest absolute Gasteiger partial charge is 0.461 e. The maximum absolute atomic E-state index is 11.6. The maximum Gasteiger partial charge on any atom is 0.338 e. The third kappa shape index (κ3) is 4.62. The molecule has 0 aromatic heterocycles. The van der Waals surface area contributed by atoms with Gasteiger partial charge in [-0.3, -0.25) is 0 Å². The normalized spacial score (nSPS) is 9.89.